The van der Waals surface area contributed by atoms with Crippen molar-refractivity contribution in [1.82, 2.24) is 0 Å². The van der Waals surface area contributed by atoms with Crippen molar-refractivity contribution in [2.24, 2.45) is 16.7 Å². The van der Waals surface area contributed by atoms with Gasteiger partial charge in [-0.15, -0.1) is 0 Å². The summed E-state index contributed by atoms with van der Waals surface area (Å²) < 4.78 is 0. The first-order valence-electron chi connectivity index (χ1n) is 15.2. The molecule has 0 heterocycles. The van der Waals surface area contributed by atoms with Crippen LogP contribution in [0.15, 0.2) is 0 Å². The van der Waals surface area contributed by atoms with Crippen LogP contribution in [0.4, 0.5) is 0 Å². The van der Waals surface area contributed by atoms with Crippen molar-refractivity contribution in [3.63, 3.8) is 0 Å². The number of hydrogen-bond donors (Lipinski definition) is 0. The second-order valence-electron chi connectivity index (χ2n) is 12.3. The van der Waals surface area contributed by atoms with E-state index in [2.05, 4.69) is 26.0 Å². The van der Waals surface area contributed by atoms with Gasteiger partial charge in [0.2, 0.25) is 0 Å². The van der Waals surface area contributed by atoms with Gasteiger partial charge in [0, 0.05) is 70.1 Å². The molecule has 2 fully saturated rings. The molecule has 9 heteroatoms. The molecule has 0 aromatic carbocycles. The predicted molar refractivity (Wildman–Crippen MR) is 162 cm³/mol. The minimum Gasteiger partial charge on any atom is -0.300 e. The van der Waals surface area contributed by atoms with Gasteiger partial charge in [-0.25, -0.2) is 0 Å². The number of carbonyl (C=O) groups excluding carboxylic acids is 4. The molecular weight excluding hydrogens is 542 g/mol. The molecule has 0 radical (unpaired) electrons. The van der Waals surface area contributed by atoms with Crippen molar-refractivity contribution in [2.75, 3.05) is 0 Å². The first kappa shape index (κ1) is 41.3. The summed E-state index contributed by atoms with van der Waals surface area (Å²) in [5.41, 5.74) is -0.404. The molecule has 0 amide bonds. The smallest absolute Gasteiger partial charge is 0.136 e. The summed E-state index contributed by atoms with van der Waals surface area (Å²) in [7, 11) is 0. The number of rotatable bonds is 11. The standard InChI is InChI=1S/C10H15NO.C9H12N2O.C9H13NO.C6H9NO/c1-9(2)4-8(12)5-10(3,6-9)7-11;10-7-3-1-5-9(12)6-2-4-8-11;10-7-3-5-8-4-1-2-6-9(8)11;1-6(8)4-2-3-5-7/h4-6H2,1-3H3;1-6H2;8H,1-6H2;2-4H2,1H3. The molecule has 2 aliphatic carbocycles. The van der Waals surface area contributed by atoms with Crippen molar-refractivity contribution >= 4 is 23.1 Å². The summed E-state index contributed by atoms with van der Waals surface area (Å²) in [5.74, 6) is 1.16. The lowest BCUT2D eigenvalue weighted by molar-refractivity contribution is -0.126. The topological polar surface area (TPSA) is 187 Å². The predicted octanol–water partition coefficient (Wildman–Crippen LogP) is 7.56. The van der Waals surface area contributed by atoms with Crippen LogP contribution in [-0.4, -0.2) is 23.1 Å². The fourth-order valence-corrected chi connectivity index (χ4v) is 5.16. The van der Waals surface area contributed by atoms with Gasteiger partial charge in [0.05, 0.1) is 35.8 Å². The van der Waals surface area contributed by atoms with Crippen LogP contribution in [0.25, 0.3) is 0 Å². The summed E-state index contributed by atoms with van der Waals surface area (Å²) in [5, 5.41) is 41.6. The van der Waals surface area contributed by atoms with E-state index in [-0.39, 0.29) is 28.7 Å². The quantitative estimate of drug-likeness (QED) is 0.218. The van der Waals surface area contributed by atoms with E-state index < -0.39 is 5.41 Å². The summed E-state index contributed by atoms with van der Waals surface area (Å²) in [4.78, 5) is 43.7. The van der Waals surface area contributed by atoms with Gasteiger partial charge in [0.15, 0.2) is 0 Å². The third kappa shape index (κ3) is 24.4. The molecule has 2 atom stereocenters. The Hall–Kier alpha value is -3.87. The average molecular weight is 592 g/mol. The lowest BCUT2D eigenvalue weighted by Gasteiger charge is -2.37. The first-order valence-corrected chi connectivity index (χ1v) is 15.2. The van der Waals surface area contributed by atoms with Crippen molar-refractivity contribution in [1.29, 1.82) is 26.3 Å². The molecule has 2 saturated carbocycles. The van der Waals surface area contributed by atoms with E-state index in [1.807, 2.05) is 25.1 Å². The van der Waals surface area contributed by atoms with Crippen molar-refractivity contribution < 1.29 is 19.2 Å². The fourth-order valence-electron chi connectivity index (χ4n) is 5.16. The maximum absolute atomic E-state index is 11.3. The Balaban J connectivity index is 0. The molecule has 0 spiro atoms. The molecule has 0 aromatic heterocycles. The van der Waals surface area contributed by atoms with Crippen LogP contribution >= 0.6 is 0 Å². The summed E-state index contributed by atoms with van der Waals surface area (Å²) in [6.07, 6.45) is 12.2. The Morgan fingerprint density at radius 2 is 1.28 bits per heavy atom. The van der Waals surface area contributed by atoms with Crippen LogP contribution < -0.4 is 0 Å². The molecular formula is C34H49N5O4. The zero-order valence-electron chi connectivity index (χ0n) is 26.7. The molecule has 0 aromatic rings. The SMILES string of the molecule is CC(=O)CCCC#N.CC1(C)CC(=O)CC(C)(C#N)C1.N#CCCC1CCCCC1=O.N#CCCCC(=O)CCCC#N. The number of nitriles is 5. The molecule has 9 nitrogen and oxygen atoms in total. The largest absolute Gasteiger partial charge is 0.300 e. The number of Topliss-reactive ketones (excluding diaryl/α,β-unsaturated/α-hetero) is 4. The Bertz CT molecular complexity index is 1070. The number of unbranched alkanes of at least 4 members (excludes halogenated alkanes) is 3. The average Bonchev–Trinajstić information content (AvgIpc) is 2.93. The van der Waals surface area contributed by atoms with Gasteiger partial charge in [0.25, 0.3) is 0 Å². The normalized spacial score (nSPS) is 19.7. The monoisotopic (exact) mass is 591 g/mol. The van der Waals surface area contributed by atoms with Crippen molar-refractivity contribution in [3.05, 3.63) is 0 Å². The van der Waals surface area contributed by atoms with E-state index in [1.165, 1.54) is 13.3 Å². The summed E-state index contributed by atoms with van der Waals surface area (Å²) in [6, 6.07) is 10.3. The van der Waals surface area contributed by atoms with Gasteiger partial charge in [0.1, 0.15) is 23.1 Å². The molecule has 2 aliphatic rings. The maximum atomic E-state index is 11.3. The van der Waals surface area contributed by atoms with Gasteiger partial charge in [-0.2, -0.15) is 26.3 Å². The Morgan fingerprint density at radius 3 is 1.70 bits per heavy atom. The van der Waals surface area contributed by atoms with Crippen LogP contribution in [0.3, 0.4) is 0 Å². The highest BCUT2D eigenvalue weighted by Gasteiger charge is 2.40. The molecule has 0 N–H and O–H groups in total. The molecule has 0 aliphatic heterocycles. The molecule has 0 bridgehead atoms. The van der Waals surface area contributed by atoms with Gasteiger partial charge in [-0.05, 0) is 64.2 Å². The lowest BCUT2D eigenvalue weighted by Crippen LogP contribution is -2.34. The molecule has 0 saturated heterocycles. The van der Waals surface area contributed by atoms with Gasteiger partial charge >= 0.3 is 0 Å². The number of nitrogens with zero attached hydrogens (tertiary/aromatic N) is 5. The second kappa shape index (κ2) is 24.7. The Kier molecular flexibility index (Phi) is 23.7. The highest BCUT2D eigenvalue weighted by Crippen LogP contribution is 2.43. The summed E-state index contributed by atoms with van der Waals surface area (Å²) >= 11 is 0. The van der Waals surface area contributed by atoms with Crippen LogP contribution in [0.5, 0.6) is 0 Å². The van der Waals surface area contributed by atoms with Crippen LogP contribution in [-0.2, 0) is 19.2 Å². The van der Waals surface area contributed by atoms with Crippen LogP contribution in [0.1, 0.15) is 143 Å². The zero-order chi connectivity index (χ0) is 33.2. The van der Waals surface area contributed by atoms with E-state index in [1.54, 1.807) is 0 Å². The van der Waals surface area contributed by atoms with Crippen molar-refractivity contribution in [3.8, 4) is 30.3 Å². The number of hydrogen-bond acceptors (Lipinski definition) is 9. The fraction of sp³-hybridized carbons (Fsp3) is 0.735. The van der Waals surface area contributed by atoms with Crippen LogP contribution in [0.2, 0.25) is 0 Å². The maximum Gasteiger partial charge on any atom is 0.136 e. The third-order valence-electron chi connectivity index (χ3n) is 6.99. The zero-order valence-corrected chi connectivity index (χ0v) is 26.7. The summed E-state index contributed by atoms with van der Waals surface area (Å²) in [6.45, 7) is 7.53. The lowest BCUT2D eigenvalue weighted by atomic mass is 9.65. The number of carbonyl (C=O) groups is 4. The molecule has 43 heavy (non-hydrogen) atoms. The third-order valence-corrected chi connectivity index (χ3v) is 6.99. The van der Waals surface area contributed by atoms with E-state index in [0.29, 0.717) is 82.8 Å². The van der Waals surface area contributed by atoms with E-state index in [0.717, 1.165) is 32.1 Å². The molecule has 2 rings (SSSR count). The minimum absolute atomic E-state index is 0.0137. The van der Waals surface area contributed by atoms with Gasteiger partial charge in [-0.1, -0.05) is 20.3 Å². The van der Waals surface area contributed by atoms with E-state index in [9.17, 15) is 19.2 Å². The van der Waals surface area contributed by atoms with E-state index >= 15 is 0 Å². The minimum atomic E-state index is -0.418. The van der Waals surface area contributed by atoms with Gasteiger partial charge < -0.3 is 4.79 Å². The highest BCUT2D eigenvalue weighted by molar-refractivity contribution is 5.82. The number of ketones is 4. The molecule has 234 valence electrons. The highest BCUT2D eigenvalue weighted by atomic mass is 16.1. The van der Waals surface area contributed by atoms with Crippen molar-refractivity contribution in [2.45, 2.75) is 143 Å². The Morgan fingerprint density at radius 1 is 0.767 bits per heavy atom. The first-order chi connectivity index (χ1) is 20.3. The Labute approximate surface area is 258 Å². The molecule has 2 unspecified atom stereocenters. The second-order valence-corrected chi connectivity index (χ2v) is 12.3. The van der Waals surface area contributed by atoms with Crippen LogP contribution in [0, 0.1) is 73.4 Å². The van der Waals surface area contributed by atoms with E-state index in [4.69, 9.17) is 26.3 Å². The van der Waals surface area contributed by atoms with Gasteiger partial charge in [-0.3, -0.25) is 14.4 Å².